The van der Waals surface area contributed by atoms with Crippen molar-refractivity contribution in [1.82, 2.24) is 23.7 Å². The molecule has 0 spiro atoms. The first kappa shape index (κ1) is 18.8. The van der Waals surface area contributed by atoms with E-state index < -0.39 is 10.2 Å². The van der Waals surface area contributed by atoms with E-state index in [0.29, 0.717) is 31.8 Å². The van der Waals surface area contributed by atoms with E-state index in [2.05, 4.69) is 9.82 Å². The van der Waals surface area contributed by atoms with Gasteiger partial charge >= 0.3 is 0 Å². The van der Waals surface area contributed by atoms with Crippen LogP contribution in [0.5, 0.6) is 0 Å². The van der Waals surface area contributed by atoms with Crippen molar-refractivity contribution in [3.63, 3.8) is 0 Å². The molecule has 2 rings (SSSR count). The molecule has 1 aromatic heterocycles. The fraction of sp³-hybridized carbons (Fsp3) is 0.714. The molecule has 24 heavy (non-hydrogen) atoms. The predicted octanol–water partition coefficient (Wildman–Crippen LogP) is -0.707. The first-order chi connectivity index (χ1) is 11.3. The molecule has 0 radical (unpaired) electrons. The molecular formula is C14H25N5O4S. The first-order valence-electron chi connectivity index (χ1n) is 7.72. The molecule has 1 amide bonds. The van der Waals surface area contributed by atoms with E-state index in [1.165, 1.54) is 18.8 Å². The monoisotopic (exact) mass is 359 g/mol. The Labute approximate surface area is 142 Å². The quantitative estimate of drug-likeness (QED) is 0.724. The molecule has 2 atom stereocenters. The molecule has 0 saturated carbocycles. The number of piperidine rings is 1. The topological polar surface area (TPSA) is 96.8 Å². The summed E-state index contributed by atoms with van der Waals surface area (Å²) >= 11 is 0. The molecule has 0 aliphatic carbocycles. The second kappa shape index (κ2) is 7.60. The van der Waals surface area contributed by atoms with Gasteiger partial charge in [0.05, 0.1) is 6.61 Å². The SMILES string of the molecule is COCC1CN(C(=O)c2ccnn2C)CCC1NS(=O)(=O)N(C)C. The van der Waals surface area contributed by atoms with Gasteiger partial charge in [0.15, 0.2) is 0 Å². The lowest BCUT2D eigenvalue weighted by molar-refractivity contribution is 0.0494. The van der Waals surface area contributed by atoms with Gasteiger partial charge in [0.1, 0.15) is 5.69 Å². The zero-order chi connectivity index (χ0) is 17.9. The number of hydrogen-bond donors (Lipinski definition) is 1. The summed E-state index contributed by atoms with van der Waals surface area (Å²) in [6.07, 6.45) is 2.11. The van der Waals surface area contributed by atoms with Crippen molar-refractivity contribution in [2.45, 2.75) is 12.5 Å². The van der Waals surface area contributed by atoms with Crippen LogP contribution in [0.25, 0.3) is 0 Å². The minimum Gasteiger partial charge on any atom is -0.384 e. The average molecular weight is 359 g/mol. The highest BCUT2D eigenvalue weighted by Crippen LogP contribution is 2.20. The average Bonchev–Trinajstić information content (AvgIpc) is 2.94. The van der Waals surface area contributed by atoms with Crippen molar-refractivity contribution < 1.29 is 17.9 Å². The van der Waals surface area contributed by atoms with Crippen LogP contribution in [0.15, 0.2) is 12.3 Å². The Morgan fingerprint density at radius 2 is 2.21 bits per heavy atom. The summed E-state index contributed by atoms with van der Waals surface area (Å²) in [4.78, 5) is 14.3. The second-order valence-corrected chi connectivity index (χ2v) is 8.02. The van der Waals surface area contributed by atoms with Crippen molar-refractivity contribution in [3.8, 4) is 0 Å². The number of aryl methyl sites for hydroxylation is 1. The lowest BCUT2D eigenvalue weighted by Gasteiger charge is -2.38. The van der Waals surface area contributed by atoms with Gasteiger partial charge in [0.2, 0.25) is 0 Å². The first-order valence-corrected chi connectivity index (χ1v) is 9.16. The molecule has 1 aliphatic heterocycles. The molecular weight excluding hydrogens is 334 g/mol. The maximum Gasteiger partial charge on any atom is 0.279 e. The molecule has 1 fully saturated rings. The smallest absolute Gasteiger partial charge is 0.279 e. The summed E-state index contributed by atoms with van der Waals surface area (Å²) in [7, 11) is 2.72. The molecule has 1 aromatic rings. The number of rotatable bonds is 6. The van der Waals surface area contributed by atoms with Gasteiger partial charge in [-0.15, -0.1) is 0 Å². The third kappa shape index (κ3) is 4.12. The van der Waals surface area contributed by atoms with E-state index in [1.807, 2.05) is 0 Å². The van der Waals surface area contributed by atoms with E-state index >= 15 is 0 Å². The summed E-state index contributed by atoms with van der Waals surface area (Å²) in [5, 5.41) is 4.02. The van der Waals surface area contributed by atoms with Crippen LogP contribution in [-0.2, 0) is 22.0 Å². The summed E-state index contributed by atoms with van der Waals surface area (Å²) < 4.78 is 34.8. The molecule has 2 unspecified atom stereocenters. The maximum atomic E-state index is 12.6. The standard InChI is InChI=1S/C14H25N5O4S/c1-17(2)24(21,22)16-12-6-8-19(9-11(12)10-23-4)14(20)13-5-7-15-18(13)3/h5,7,11-12,16H,6,8-10H2,1-4H3. The fourth-order valence-corrected chi connectivity index (χ4v) is 3.70. The van der Waals surface area contributed by atoms with Crippen molar-refractivity contribution in [2.24, 2.45) is 13.0 Å². The van der Waals surface area contributed by atoms with Gasteiger partial charge in [-0.2, -0.15) is 22.5 Å². The number of ether oxygens (including phenoxy) is 1. The van der Waals surface area contributed by atoms with Gasteiger partial charge < -0.3 is 9.64 Å². The number of carbonyl (C=O) groups is 1. The maximum absolute atomic E-state index is 12.6. The Balaban J connectivity index is 2.10. The molecule has 1 saturated heterocycles. The Hall–Kier alpha value is -1.49. The molecule has 2 heterocycles. The predicted molar refractivity (Wildman–Crippen MR) is 88.6 cm³/mol. The van der Waals surface area contributed by atoms with Crippen LogP contribution < -0.4 is 4.72 Å². The van der Waals surface area contributed by atoms with Crippen LogP contribution in [0.2, 0.25) is 0 Å². The number of amides is 1. The lowest BCUT2D eigenvalue weighted by atomic mass is 9.93. The van der Waals surface area contributed by atoms with Gasteiger partial charge in [-0.3, -0.25) is 9.48 Å². The molecule has 1 N–H and O–H groups in total. The molecule has 0 bridgehead atoms. The van der Waals surface area contributed by atoms with Crippen LogP contribution in [0.3, 0.4) is 0 Å². The van der Waals surface area contributed by atoms with Crippen molar-refractivity contribution in [1.29, 1.82) is 0 Å². The van der Waals surface area contributed by atoms with E-state index in [4.69, 9.17) is 4.74 Å². The van der Waals surface area contributed by atoms with Gasteiger partial charge in [-0.05, 0) is 12.5 Å². The molecule has 9 nitrogen and oxygen atoms in total. The number of carbonyl (C=O) groups excluding carboxylic acids is 1. The summed E-state index contributed by atoms with van der Waals surface area (Å²) in [5.74, 6) is -0.222. The number of nitrogens with zero attached hydrogens (tertiary/aromatic N) is 4. The van der Waals surface area contributed by atoms with Gasteiger partial charge in [-0.1, -0.05) is 0 Å². The highest BCUT2D eigenvalue weighted by molar-refractivity contribution is 7.87. The van der Waals surface area contributed by atoms with Crippen LogP contribution in [-0.4, -0.2) is 80.3 Å². The van der Waals surface area contributed by atoms with Crippen LogP contribution in [0.4, 0.5) is 0 Å². The zero-order valence-electron chi connectivity index (χ0n) is 14.5. The Kier molecular flexibility index (Phi) is 5.97. The number of likely N-dealkylation sites (tertiary alicyclic amines) is 1. The largest absolute Gasteiger partial charge is 0.384 e. The van der Waals surface area contributed by atoms with Crippen molar-refractivity contribution in [3.05, 3.63) is 18.0 Å². The highest BCUT2D eigenvalue weighted by Gasteiger charge is 2.35. The van der Waals surface area contributed by atoms with Crippen LogP contribution in [0, 0.1) is 5.92 Å². The molecule has 10 heteroatoms. The summed E-state index contributed by atoms with van der Waals surface area (Å²) in [6, 6.07) is 1.40. The van der Waals surface area contributed by atoms with Gasteiger partial charge in [0, 0.05) is 59.5 Å². The number of nitrogens with one attached hydrogen (secondary N) is 1. The van der Waals surface area contributed by atoms with E-state index in [9.17, 15) is 13.2 Å². The fourth-order valence-electron chi connectivity index (χ4n) is 2.80. The lowest BCUT2D eigenvalue weighted by Crippen LogP contribution is -2.55. The third-order valence-corrected chi connectivity index (χ3v) is 5.79. The normalized spacial score (nSPS) is 22.1. The Bertz CT molecular complexity index is 672. The summed E-state index contributed by atoms with van der Waals surface area (Å²) in [5.41, 5.74) is 0.512. The summed E-state index contributed by atoms with van der Waals surface area (Å²) in [6.45, 7) is 1.28. The highest BCUT2D eigenvalue weighted by atomic mass is 32.2. The van der Waals surface area contributed by atoms with E-state index in [-0.39, 0.29) is 17.9 Å². The third-order valence-electron chi connectivity index (χ3n) is 4.22. The van der Waals surface area contributed by atoms with Gasteiger partial charge in [-0.25, -0.2) is 0 Å². The van der Waals surface area contributed by atoms with Crippen molar-refractivity contribution >= 4 is 16.1 Å². The minimum atomic E-state index is -3.53. The number of aromatic nitrogens is 2. The van der Waals surface area contributed by atoms with Crippen LogP contribution in [0.1, 0.15) is 16.9 Å². The molecule has 136 valence electrons. The second-order valence-electron chi connectivity index (χ2n) is 6.11. The van der Waals surface area contributed by atoms with E-state index in [1.54, 1.807) is 31.3 Å². The minimum absolute atomic E-state index is 0.106. The van der Waals surface area contributed by atoms with Crippen molar-refractivity contribution in [2.75, 3.05) is 40.9 Å². The van der Waals surface area contributed by atoms with Gasteiger partial charge in [0.25, 0.3) is 16.1 Å². The Morgan fingerprint density at radius 3 is 2.75 bits per heavy atom. The number of hydrogen-bond acceptors (Lipinski definition) is 5. The number of methoxy groups -OCH3 is 1. The zero-order valence-corrected chi connectivity index (χ0v) is 15.3. The van der Waals surface area contributed by atoms with Crippen LogP contribution >= 0.6 is 0 Å². The molecule has 0 aromatic carbocycles. The van der Waals surface area contributed by atoms with E-state index in [0.717, 1.165) is 4.31 Å². The Morgan fingerprint density at radius 1 is 1.50 bits per heavy atom. The molecule has 1 aliphatic rings.